The predicted octanol–water partition coefficient (Wildman–Crippen LogP) is 2.98. The van der Waals surface area contributed by atoms with E-state index in [1.807, 2.05) is 36.1 Å². The SMILES string of the molecule is CCC1Oc2ccccc2N(CCC(=O)N2CCCCC2C)C1=O. The molecule has 1 aromatic carbocycles. The van der Waals surface area contributed by atoms with Crippen LogP contribution in [0.1, 0.15) is 46.0 Å². The van der Waals surface area contributed by atoms with E-state index >= 15 is 0 Å². The molecule has 1 fully saturated rings. The number of carbonyl (C=O) groups excluding carboxylic acids is 2. The molecule has 0 saturated carbocycles. The van der Waals surface area contributed by atoms with Gasteiger partial charge in [-0.3, -0.25) is 9.59 Å². The minimum absolute atomic E-state index is 0.0457. The van der Waals surface area contributed by atoms with Crippen LogP contribution in [0.5, 0.6) is 5.75 Å². The topological polar surface area (TPSA) is 49.9 Å². The van der Waals surface area contributed by atoms with E-state index in [4.69, 9.17) is 4.74 Å². The summed E-state index contributed by atoms with van der Waals surface area (Å²) < 4.78 is 5.78. The molecule has 5 heteroatoms. The molecule has 0 bridgehead atoms. The molecular weight excluding hydrogens is 304 g/mol. The maximum Gasteiger partial charge on any atom is 0.268 e. The Morgan fingerprint density at radius 3 is 2.83 bits per heavy atom. The molecule has 0 radical (unpaired) electrons. The maximum atomic E-state index is 12.6. The van der Waals surface area contributed by atoms with Crippen LogP contribution in [0.2, 0.25) is 0 Å². The van der Waals surface area contributed by atoms with Crippen molar-refractivity contribution < 1.29 is 14.3 Å². The zero-order valence-electron chi connectivity index (χ0n) is 14.5. The van der Waals surface area contributed by atoms with Crippen molar-refractivity contribution in [3.05, 3.63) is 24.3 Å². The zero-order valence-corrected chi connectivity index (χ0v) is 14.5. The van der Waals surface area contributed by atoms with Crippen LogP contribution in [-0.4, -0.2) is 41.9 Å². The number of carbonyl (C=O) groups is 2. The Labute approximate surface area is 143 Å². The lowest BCUT2D eigenvalue weighted by molar-refractivity contribution is -0.134. The number of ether oxygens (including phenoxy) is 1. The Hall–Kier alpha value is -2.04. The molecule has 3 rings (SSSR count). The largest absolute Gasteiger partial charge is 0.478 e. The molecule has 1 aromatic rings. The minimum Gasteiger partial charge on any atom is -0.478 e. The van der Waals surface area contributed by atoms with Crippen molar-refractivity contribution in [1.29, 1.82) is 0 Å². The smallest absolute Gasteiger partial charge is 0.268 e. The Morgan fingerprint density at radius 1 is 1.29 bits per heavy atom. The fourth-order valence-electron chi connectivity index (χ4n) is 3.58. The van der Waals surface area contributed by atoms with Crippen molar-refractivity contribution in [2.75, 3.05) is 18.0 Å². The van der Waals surface area contributed by atoms with Gasteiger partial charge in [0.2, 0.25) is 5.91 Å². The van der Waals surface area contributed by atoms with Gasteiger partial charge in [0, 0.05) is 25.6 Å². The number of amides is 2. The summed E-state index contributed by atoms with van der Waals surface area (Å²) in [5.41, 5.74) is 0.770. The van der Waals surface area contributed by atoms with Crippen LogP contribution < -0.4 is 9.64 Å². The van der Waals surface area contributed by atoms with E-state index in [-0.39, 0.29) is 11.8 Å². The Kier molecular flexibility index (Phi) is 5.07. The molecule has 0 spiro atoms. The third kappa shape index (κ3) is 3.25. The fraction of sp³-hybridized carbons (Fsp3) is 0.579. The fourth-order valence-corrected chi connectivity index (χ4v) is 3.58. The van der Waals surface area contributed by atoms with Gasteiger partial charge in [0.25, 0.3) is 5.91 Å². The molecule has 1 saturated heterocycles. The monoisotopic (exact) mass is 330 g/mol. The van der Waals surface area contributed by atoms with Gasteiger partial charge in [-0.25, -0.2) is 0 Å². The first kappa shape index (κ1) is 16.8. The lowest BCUT2D eigenvalue weighted by Gasteiger charge is -2.36. The Balaban J connectivity index is 1.71. The second-order valence-corrected chi connectivity index (χ2v) is 6.65. The molecule has 2 aliphatic rings. The molecule has 0 N–H and O–H groups in total. The van der Waals surface area contributed by atoms with E-state index < -0.39 is 6.10 Å². The van der Waals surface area contributed by atoms with Crippen molar-refractivity contribution in [1.82, 2.24) is 4.90 Å². The van der Waals surface area contributed by atoms with Crippen LogP contribution in [0.15, 0.2) is 24.3 Å². The van der Waals surface area contributed by atoms with Crippen molar-refractivity contribution in [2.24, 2.45) is 0 Å². The van der Waals surface area contributed by atoms with Gasteiger partial charge in [-0.1, -0.05) is 19.1 Å². The van der Waals surface area contributed by atoms with Crippen molar-refractivity contribution in [2.45, 2.75) is 58.1 Å². The van der Waals surface area contributed by atoms with Gasteiger partial charge in [0.1, 0.15) is 5.75 Å². The number of hydrogen-bond donors (Lipinski definition) is 0. The summed E-state index contributed by atoms with van der Waals surface area (Å²) in [6, 6.07) is 7.87. The normalized spacial score (nSPS) is 23.7. The third-order valence-electron chi connectivity index (χ3n) is 5.01. The number of rotatable bonds is 4. The summed E-state index contributed by atoms with van der Waals surface area (Å²) in [4.78, 5) is 28.9. The number of anilines is 1. The third-order valence-corrected chi connectivity index (χ3v) is 5.01. The van der Waals surface area contributed by atoms with Gasteiger partial charge in [-0.2, -0.15) is 0 Å². The molecule has 0 aliphatic carbocycles. The molecule has 0 aromatic heterocycles. The van der Waals surface area contributed by atoms with E-state index in [1.54, 1.807) is 4.90 Å². The number of piperidine rings is 1. The van der Waals surface area contributed by atoms with Crippen LogP contribution >= 0.6 is 0 Å². The molecule has 2 atom stereocenters. The number of para-hydroxylation sites is 2. The second-order valence-electron chi connectivity index (χ2n) is 6.65. The van der Waals surface area contributed by atoms with Crippen LogP contribution in [0.4, 0.5) is 5.69 Å². The zero-order chi connectivity index (χ0) is 17.1. The van der Waals surface area contributed by atoms with Gasteiger partial charge >= 0.3 is 0 Å². The van der Waals surface area contributed by atoms with E-state index in [2.05, 4.69) is 6.92 Å². The number of nitrogens with zero attached hydrogens (tertiary/aromatic N) is 2. The van der Waals surface area contributed by atoms with Crippen LogP contribution in [-0.2, 0) is 9.59 Å². The highest BCUT2D eigenvalue weighted by Gasteiger charge is 2.33. The highest BCUT2D eigenvalue weighted by atomic mass is 16.5. The number of fused-ring (bicyclic) bond motifs is 1. The molecular formula is C19H26N2O3. The highest BCUT2D eigenvalue weighted by molar-refractivity contribution is 6.00. The van der Waals surface area contributed by atoms with Gasteiger partial charge in [0.05, 0.1) is 5.69 Å². The predicted molar refractivity (Wildman–Crippen MR) is 93.1 cm³/mol. The van der Waals surface area contributed by atoms with E-state index in [0.717, 1.165) is 30.8 Å². The van der Waals surface area contributed by atoms with Gasteiger partial charge < -0.3 is 14.5 Å². The quantitative estimate of drug-likeness (QED) is 0.853. The average Bonchev–Trinajstić information content (AvgIpc) is 2.60. The first-order valence-corrected chi connectivity index (χ1v) is 8.98. The van der Waals surface area contributed by atoms with Crippen molar-refractivity contribution in [3.63, 3.8) is 0 Å². The van der Waals surface area contributed by atoms with Gasteiger partial charge in [-0.05, 0) is 44.7 Å². The summed E-state index contributed by atoms with van der Waals surface area (Å²) in [5, 5.41) is 0. The van der Waals surface area contributed by atoms with Crippen molar-refractivity contribution >= 4 is 17.5 Å². The molecule has 2 aliphatic heterocycles. The Bertz CT molecular complexity index is 616. The lowest BCUT2D eigenvalue weighted by Crippen LogP contribution is -2.48. The first-order valence-electron chi connectivity index (χ1n) is 8.98. The second kappa shape index (κ2) is 7.24. The van der Waals surface area contributed by atoms with Crippen LogP contribution in [0.25, 0.3) is 0 Å². The number of hydrogen-bond acceptors (Lipinski definition) is 3. The summed E-state index contributed by atoms with van der Waals surface area (Å²) in [6.07, 6.45) is 3.87. The van der Waals surface area contributed by atoms with Crippen LogP contribution in [0.3, 0.4) is 0 Å². The maximum absolute atomic E-state index is 12.6. The molecule has 130 valence electrons. The standard InChI is InChI=1S/C19H26N2O3/c1-3-16-19(23)21(15-9-4-5-10-17(15)24-16)13-11-18(22)20-12-7-6-8-14(20)2/h4-5,9-10,14,16H,3,6-8,11-13H2,1-2H3. The molecule has 2 amide bonds. The van der Waals surface area contributed by atoms with E-state index in [1.165, 1.54) is 6.42 Å². The molecule has 5 nitrogen and oxygen atoms in total. The summed E-state index contributed by atoms with van der Waals surface area (Å²) in [7, 11) is 0. The highest BCUT2D eigenvalue weighted by Crippen LogP contribution is 2.34. The summed E-state index contributed by atoms with van der Waals surface area (Å²) in [5.74, 6) is 0.824. The van der Waals surface area contributed by atoms with E-state index in [9.17, 15) is 9.59 Å². The molecule has 24 heavy (non-hydrogen) atoms. The average molecular weight is 330 g/mol. The van der Waals surface area contributed by atoms with Crippen molar-refractivity contribution in [3.8, 4) is 5.75 Å². The Morgan fingerprint density at radius 2 is 2.08 bits per heavy atom. The number of likely N-dealkylation sites (tertiary alicyclic amines) is 1. The minimum atomic E-state index is -0.455. The molecule has 2 heterocycles. The summed E-state index contributed by atoms with van der Waals surface area (Å²) >= 11 is 0. The van der Waals surface area contributed by atoms with E-state index in [0.29, 0.717) is 25.4 Å². The van der Waals surface area contributed by atoms with Crippen LogP contribution in [0, 0.1) is 0 Å². The van der Waals surface area contributed by atoms with Gasteiger partial charge in [-0.15, -0.1) is 0 Å². The van der Waals surface area contributed by atoms with Gasteiger partial charge in [0.15, 0.2) is 6.10 Å². The first-order chi connectivity index (χ1) is 11.6. The summed E-state index contributed by atoms with van der Waals surface area (Å²) in [6.45, 7) is 5.30. The molecule has 2 unspecified atom stereocenters. The lowest BCUT2D eigenvalue weighted by atomic mass is 10.0. The number of benzene rings is 1.